The Balaban J connectivity index is 1.90. The van der Waals surface area contributed by atoms with Crippen LogP contribution in [0, 0.1) is 5.92 Å². The van der Waals surface area contributed by atoms with Gasteiger partial charge in [-0.2, -0.15) is 0 Å². The summed E-state index contributed by atoms with van der Waals surface area (Å²) in [4.78, 5) is 2.53. The monoisotopic (exact) mass is 248 g/mol. The molecule has 1 aliphatic heterocycles. The Labute approximate surface area is 110 Å². The summed E-state index contributed by atoms with van der Waals surface area (Å²) in [6.45, 7) is 8.10. The van der Waals surface area contributed by atoms with Gasteiger partial charge in [-0.15, -0.1) is 0 Å². The Hall–Kier alpha value is -1.22. The molecule has 1 aromatic carbocycles. The molecule has 1 fully saturated rings. The molecule has 100 valence electrons. The van der Waals surface area contributed by atoms with E-state index in [0.29, 0.717) is 17.7 Å². The summed E-state index contributed by atoms with van der Waals surface area (Å²) in [6.07, 6.45) is 2.61. The third-order valence-electron chi connectivity index (χ3n) is 3.96. The lowest BCUT2D eigenvalue weighted by molar-refractivity contribution is 0.172. The second-order valence-electron chi connectivity index (χ2n) is 5.28. The van der Waals surface area contributed by atoms with E-state index in [9.17, 15) is 5.11 Å². The number of phenolic OH excluding ortho intramolecular Hbond substituents is 1. The minimum absolute atomic E-state index is 0.322. The highest BCUT2D eigenvalue weighted by atomic mass is 16.3. The van der Waals surface area contributed by atoms with Crippen molar-refractivity contribution in [1.29, 1.82) is 0 Å². The quantitative estimate of drug-likeness (QED) is 0.804. The number of nitrogens with one attached hydrogen (secondary N) is 1. The molecule has 0 saturated carbocycles. The predicted octanol–water partition coefficient (Wildman–Crippen LogP) is 2.92. The van der Waals surface area contributed by atoms with Crippen molar-refractivity contribution in [3.63, 3.8) is 0 Å². The summed E-state index contributed by atoms with van der Waals surface area (Å²) in [5, 5.41) is 12.8. The second-order valence-corrected chi connectivity index (χ2v) is 5.28. The van der Waals surface area contributed by atoms with Crippen LogP contribution in [0.3, 0.4) is 0 Å². The van der Waals surface area contributed by atoms with Crippen LogP contribution in [0.2, 0.25) is 0 Å². The van der Waals surface area contributed by atoms with Crippen molar-refractivity contribution in [2.75, 3.05) is 25.0 Å². The van der Waals surface area contributed by atoms with Crippen LogP contribution < -0.4 is 5.32 Å². The first-order valence-corrected chi connectivity index (χ1v) is 6.97. The normalized spacial score (nSPS) is 22.7. The highest BCUT2D eigenvalue weighted by Gasteiger charge is 2.23. The van der Waals surface area contributed by atoms with Gasteiger partial charge < -0.3 is 15.3 Å². The molecule has 2 atom stereocenters. The number of hydrogen-bond donors (Lipinski definition) is 2. The molecule has 0 bridgehead atoms. The minimum atomic E-state index is 0.322. The number of rotatable bonds is 4. The van der Waals surface area contributed by atoms with Crippen molar-refractivity contribution in [1.82, 2.24) is 4.90 Å². The van der Waals surface area contributed by atoms with Gasteiger partial charge in [-0.05, 0) is 63.0 Å². The largest absolute Gasteiger partial charge is 0.508 e. The third-order valence-corrected chi connectivity index (χ3v) is 3.96. The minimum Gasteiger partial charge on any atom is -0.508 e. The van der Waals surface area contributed by atoms with Crippen molar-refractivity contribution in [3.05, 3.63) is 24.3 Å². The van der Waals surface area contributed by atoms with E-state index in [-0.39, 0.29) is 0 Å². The molecule has 2 rings (SSSR count). The van der Waals surface area contributed by atoms with E-state index in [1.807, 2.05) is 12.1 Å². The molecule has 0 amide bonds. The van der Waals surface area contributed by atoms with Crippen molar-refractivity contribution in [2.45, 2.75) is 32.7 Å². The maximum absolute atomic E-state index is 9.27. The number of piperidine rings is 1. The molecule has 0 aromatic heterocycles. The number of benzene rings is 1. The summed E-state index contributed by atoms with van der Waals surface area (Å²) in [5.41, 5.74) is 1.09. The molecule has 18 heavy (non-hydrogen) atoms. The number of hydrogen-bond acceptors (Lipinski definition) is 3. The van der Waals surface area contributed by atoms with Crippen LogP contribution in [-0.2, 0) is 0 Å². The highest BCUT2D eigenvalue weighted by Crippen LogP contribution is 2.23. The highest BCUT2D eigenvalue weighted by molar-refractivity contribution is 5.46. The molecule has 0 radical (unpaired) electrons. The van der Waals surface area contributed by atoms with Crippen molar-refractivity contribution < 1.29 is 5.11 Å². The first kappa shape index (κ1) is 13.2. The number of anilines is 1. The first-order chi connectivity index (χ1) is 8.69. The van der Waals surface area contributed by atoms with Gasteiger partial charge in [-0.1, -0.05) is 6.92 Å². The molecule has 0 spiro atoms. The van der Waals surface area contributed by atoms with Gasteiger partial charge in [0.05, 0.1) is 0 Å². The van der Waals surface area contributed by atoms with Crippen LogP contribution in [-0.4, -0.2) is 35.7 Å². The fraction of sp³-hybridized carbons (Fsp3) is 0.600. The average Bonchev–Trinajstić information content (AvgIpc) is 2.41. The summed E-state index contributed by atoms with van der Waals surface area (Å²) in [5.74, 6) is 1.04. The molecule has 2 N–H and O–H groups in total. The van der Waals surface area contributed by atoms with Crippen molar-refractivity contribution in [3.8, 4) is 5.75 Å². The average molecular weight is 248 g/mol. The lowest BCUT2D eigenvalue weighted by Crippen LogP contribution is -2.41. The van der Waals surface area contributed by atoms with Crippen molar-refractivity contribution >= 4 is 5.69 Å². The SMILES string of the molecule is CCN1CCCC(C(C)Nc2ccc(O)cc2)C1. The van der Waals surface area contributed by atoms with Gasteiger partial charge in [-0.3, -0.25) is 0 Å². The van der Waals surface area contributed by atoms with E-state index in [1.165, 1.54) is 25.9 Å². The first-order valence-electron chi connectivity index (χ1n) is 6.97. The zero-order chi connectivity index (χ0) is 13.0. The van der Waals surface area contributed by atoms with E-state index < -0.39 is 0 Å². The Morgan fingerprint density at radius 2 is 2.11 bits per heavy atom. The van der Waals surface area contributed by atoms with Crippen LogP contribution in [0.15, 0.2) is 24.3 Å². The zero-order valence-electron chi connectivity index (χ0n) is 11.4. The topological polar surface area (TPSA) is 35.5 Å². The lowest BCUT2D eigenvalue weighted by atomic mass is 9.91. The Kier molecular flexibility index (Phi) is 4.48. The van der Waals surface area contributed by atoms with E-state index in [1.54, 1.807) is 12.1 Å². The Bertz CT molecular complexity index is 363. The molecule has 1 aromatic rings. The molecular formula is C15H24N2O. The Morgan fingerprint density at radius 1 is 1.39 bits per heavy atom. The maximum Gasteiger partial charge on any atom is 0.115 e. The van der Waals surface area contributed by atoms with Gasteiger partial charge >= 0.3 is 0 Å². The molecule has 1 heterocycles. The van der Waals surface area contributed by atoms with Gasteiger partial charge in [-0.25, -0.2) is 0 Å². The van der Waals surface area contributed by atoms with Gasteiger partial charge in [0.25, 0.3) is 0 Å². The van der Waals surface area contributed by atoms with Crippen LogP contribution in [0.25, 0.3) is 0 Å². The van der Waals surface area contributed by atoms with E-state index in [0.717, 1.165) is 12.2 Å². The molecule has 1 aliphatic rings. The van der Waals surface area contributed by atoms with E-state index >= 15 is 0 Å². The number of nitrogens with zero attached hydrogens (tertiary/aromatic N) is 1. The maximum atomic E-state index is 9.27. The predicted molar refractivity (Wildman–Crippen MR) is 76.0 cm³/mol. The molecule has 0 aliphatic carbocycles. The Morgan fingerprint density at radius 3 is 2.78 bits per heavy atom. The summed E-state index contributed by atoms with van der Waals surface area (Å²) < 4.78 is 0. The fourth-order valence-corrected chi connectivity index (χ4v) is 2.73. The number of likely N-dealkylation sites (tertiary alicyclic amines) is 1. The summed E-state index contributed by atoms with van der Waals surface area (Å²) in [6, 6.07) is 7.81. The molecule has 3 heteroatoms. The smallest absolute Gasteiger partial charge is 0.115 e. The van der Waals surface area contributed by atoms with Gasteiger partial charge in [0.15, 0.2) is 0 Å². The van der Waals surface area contributed by atoms with Crippen molar-refractivity contribution in [2.24, 2.45) is 5.92 Å². The standard InChI is InChI=1S/C15H24N2O/c1-3-17-10-4-5-13(11-17)12(2)16-14-6-8-15(18)9-7-14/h6-9,12-13,16,18H,3-5,10-11H2,1-2H3. The number of phenols is 1. The number of aromatic hydroxyl groups is 1. The van der Waals surface area contributed by atoms with E-state index in [2.05, 4.69) is 24.1 Å². The van der Waals surface area contributed by atoms with Crippen LogP contribution >= 0.6 is 0 Å². The molecule has 1 saturated heterocycles. The fourth-order valence-electron chi connectivity index (χ4n) is 2.73. The molecule has 3 nitrogen and oxygen atoms in total. The van der Waals surface area contributed by atoms with Gasteiger partial charge in [0, 0.05) is 18.3 Å². The second kappa shape index (κ2) is 6.10. The van der Waals surface area contributed by atoms with Crippen LogP contribution in [0.4, 0.5) is 5.69 Å². The van der Waals surface area contributed by atoms with Crippen LogP contribution in [0.5, 0.6) is 5.75 Å². The molecular weight excluding hydrogens is 224 g/mol. The van der Waals surface area contributed by atoms with Gasteiger partial charge in [0.1, 0.15) is 5.75 Å². The lowest BCUT2D eigenvalue weighted by Gasteiger charge is -2.35. The molecule has 2 unspecified atom stereocenters. The van der Waals surface area contributed by atoms with Crippen LogP contribution in [0.1, 0.15) is 26.7 Å². The summed E-state index contributed by atoms with van der Waals surface area (Å²) >= 11 is 0. The third kappa shape index (κ3) is 3.39. The zero-order valence-corrected chi connectivity index (χ0v) is 11.4. The van der Waals surface area contributed by atoms with E-state index in [4.69, 9.17) is 0 Å². The van der Waals surface area contributed by atoms with Gasteiger partial charge in [0.2, 0.25) is 0 Å². The summed E-state index contributed by atoms with van der Waals surface area (Å²) in [7, 11) is 0.